The van der Waals surface area contributed by atoms with Crippen LogP contribution in [-0.4, -0.2) is 6.54 Å². The lowest BCUT2D eigenvalue weighted by atomic mass is 10.5. The van der Waals surface area contributed by atoms with Crippen LogP contribution < -0.4 is 10.9 Å². The lowest BCUT2D eigenvalue weighted by Gasteiger charge is -1.71. The van der Waals surface area contributed by atoms with E-state index in [2.05, 4.69) is 10.9 Å². The fourth-order valence-electron chi connectivity index (χ4n) is 0.289. The molecule has 0 unspecified atom stereocenters. The van der Waals surface area contributed by atoms with Crippen molar-refractivity contribution in [3.05, 3.63) is 6.54 Å². The van der Waals surface area contributed by atoms with Gasteiger partial charge in [0.2, 0.25) is 0 Å². The fraction of sp³-hybridized carbons (Fsp3) is 0.667. The molecule has 0 spiro atoms. The molecule has 5 heavy (non-hydrogen) atoms. The van der Waals surface area contributed by atoms with Gasteiger partial charge in [0.25, 0.3) is 0 Å². The summed E-state index contributed by atoms with van der Waals surface area (Å²) in [6, 6.07) is 0. The average Bonchev–Trinajstić information content (AvgIpc) is 1.76. The van der Waals surface area contributed by atoms with Crippen molar-refractivity contribution in [2.45, 2.75) is 6.42 Å². The van der Waals surface area contributed by atoms with Gasteiger partial charge in [-0.2, -0.15) is 0 Å². The van der Waals surface area contributed by atoms with E-state index >= 15 is 0 Å². The van der Waals surface area contributed by atoms with Crippen molar-refractivity contribution in [2.24, 2.45) is 0 Å². The highest BCUT2D eigenvalue weighted by molar-refractivity contribution is 4.64. The van der Waals surface area contributed by atoms with E-state index in [0.29, 0.717) is 0 Å². The molecular formula is C3H5N2. The van der Waals surface area contributed by atoms with Gasteiger partial charge in [-0.1, -0.05) is 0 Å². The zero-order valence-electron chi connectivity index (χ0n) is 2.89. The lowest BCUT2D eigenvalue weighted by Crippen LogP contribution is -2.00. The van der Waals surface area contributed by atoms with E-state index in [1.165, 1.54) is 0 Å². The molecule has 2 nitrogen and oxygen atoms in total. The summed E-state index contributed by atoms with van der Waals surface area (Å²) in [6.07, 6.45) is 1.04. The van der Waals surface area contributed by atoms with Gasteiger partial charge in [0.15, 0.2) is 0 Å². The van der Waals surface area contributed by atoms with Crippen LogP contribution in [-0.2, 0) is 0 Å². The standard InChI is InChI=1S/C3H5N2/c1-2-4-5-3-1/h2H,1,3H2. The maximum Gasteiger partial charge on any atom is 0.0632 e. The van der Waals surface area contributed by atoms with E-state index in [0.717, 1.165) is 13.0 Å². The molecule has 1 heterocycles. The first-order valence-corrected chi connectivity index (χ1v) is 1.68. The number of hydrogen-bond donors (Lipinski definition) is 0. The topological polar surface area (TPSA) is 28.2 Å². The summed E-state index contributed by atoms with van der Waals surface area (Å²) in [5, 5.41) is 0. The molecule has 0 N–H and O–H groups in total. The predicted octanol–water partition coefficient (Wildman–Crippen LogP) is -0.324. The van der Waals surface area contributed by atoms with Crippen LogP contribution >= 0.6 is 0 Å². The van der Waals surface area contributed by atoms with Crippen LogP contribution in [0, 0.1) is 6.54 Å². The normalized spacial score (nSPS) is 24.0. The summed E-state index contributed by atoms with van der Waals surface area (Å²) in [5.41, 5.74) is 7.24. The van der Waals surface area contributed by atoms with Crippen molar-refractivity contribution >= 4 is 0 Å². The van der Waals surface area contributed by atoms with Crippen molar-refractivity contribution in [3.63, 3.8) is 0 Å². The molecule has 0 bridgehead atoms. The van der Waals surface area contributed by atoms with E-state index in [9.17, 15) is 0 Å². The lowest BCUT2D eigenvalue weighted by molar-refractivity contribution is 0.687. The van der Waals surface area contributed by atoms with E-state index in [1.54, 1.807) is 0 Å². The van der Waals surface area contributed by atoms with Gasteiger partial charge in [-0.25, -0.2) is 0 Å². The van der Waals surface area contributed by atoms with Gasteiger partial charge >= 0.3 is 0 Å². The Morgan fingerprint density at radius 3 is 2.80 bits per heavy atom. The van der Waals surface area contributed by atoms with Gasteiger partial charge in [-0.3, -0.25) is 0 Å². The molecule has 0 aromatic heterocycles. The molecule has 3 radical (unpaired) electrons. The highest BCUT2D eigenvalue weighted by atomic mass is 15.4. The maximum absolute atomic E-state index is 3.65. The number of hydrogen-bond acceptors (Lipinski definition) is 0. The summed E-state index contributed by atoms with van der Waals surface area (Å²) in [5.74, 6) is 0. The van der Waals surface area contributed by atoms with Gasteiger partial charge in [0.1, 0.15) is 0 Å². The minimum Gasteiger partial charge on any atom is -0.144 e. The highest BCUT2D eigenvalue weighted by Gasteiger charge is 1.97. The van der Waals surface area contributed by atoms with E-state index < -0.39 is 0 Å². The summed E-state index contributed by atoms with van der Waals surface area (Å²) < 4.78 is 0. The van der Waals surface area contributed by atoms with Gasteiger partial charge in [-0.15, -0.1) is 10.9 Å². The molecule has 0 saturated carbocycles. The van der Waals surface area contributed by atoms with Crippen LogP contribution in [0.15, 0.2) is 0 Å². The molecule has 1 fully saturated rings. The molecular weight excluding hydrogens is 64.0 g/mol. The van der Waals surface area contributed by atoms with Crippen LogP contribution in [0.3, 0.4) is 0 Å². The van der Waals surface area contributed by atoms with Crippen molar-refractivity contribution in [1.82, 2.24) is 10.9 Å². The molecule has 1 aliphatic heterocycles. The minimum atomic E-state index is 0.903. The average molecular weight is 69.1 g/mol. The number of rotatable bonds is 0. The van der Waals surface area contributed by atoms with Crippen LogP contribution in [0.25, 0.3) is 0 Å². The highest BCUT2D eigenvalue weighted by Crippen LogP contribution is 1.86. The molecule has 27 valence electrons. The smallest absolute Gasteiger partial charge is 0.0632 e. The van der Waals surface area contributed by atoms with Crippen LogP contribution in [0.1, 0.15) is 6.42 Å². The Labute approximate surface area is 31.5 Å². The van der Waals surface area contributed by atoms with Crippen LogP contribution in [0.2, 0.25) is 0 Å². The Kier molecular flexibility index (Phi) is 0.862. The van der Waals surface area contributed by atoms with Crippen molar-refractivity contribution in [2.75, 3.05) is 6.54 Å². The molecule has 1 rings (SSSR count). The SMILES string of the molecule is [CH]1CC[N][N]1. The molecule has 1 aliphatic rings. The number of nitrogens with zero attached hydrogens (tertiary/aromatic N) is 2. The summed E-state index contributed by atoms with van der Waals surface area (Å²) in [6.45, 7) is 2.72. The zero-order chi connectivity index (χ0) is 3.54. The third kappa shape index (κ3) is 0.597. The molecule has 0 aliphatic carbocycles. The Balaban J connectivity index is 2.08. The van der Waals surface area contributed by atoms with Gasteiger partial charge in [-0.05, 0) is 6.42 Å². The Hall–Kier alpha value is -0.0800. The summed E-state index contributed by atoms with van der Waals surface area (Å²) in [7, 11) is 0. The van der Waals surface area contributed by atoms with E-state index in [4.69, 9.17) is 0 Å². The quantitative estimate of drug-likeness (QED) is 0.373. The molecule has 0 atom stereocenters. The first kappa shape index (κ1) is 3.12. The Morgan fingerprint density at radius 1 is 1.60 bits per heavy atom. The second-order valence-corrected chi connectivity index (χ2v) is 0.952. The third-order valence-corrected chi connectivity index (χ3v) is 0.521. The van der Waals surface area contributed by atoms with Crippen molar-refractivity contribution < 1.29 is 0 Å². The Bertz CT molecular complexity index is 16.5. The van der Waals surface area contributed by atoms with Crippen LogP contribution in [0.5, 0.6) is 0 Å². The van der Waals surface area contributed by atoms with E-state index in [-0.39, 0.29) is 0 Å². The molecule has 0 aromatic rings. The second-order valence-electron chi connectivity index (χ2n) is 0.952. The monoisotopic (exact) mass is 69.0 g/mol. The van der Waals surface area contributed by atoms with Gasteiger partial charge in [0.05, 0.1) is 6.54 Å². The predicted molar refractivity (Wildman–Crippen MR) is 18.1 cm³/mol. The van der Waals surface area contributed by atoms with Gasteiger partial charge < -0.3 is 0 Å². The fourth-order valence-corrected chi connectivity index (χ4v) is 0.289. The third-order valence-electron chi connectivity index (χ3n) is 0.521. The first-order valence-electron chi connectivity index (χ1n) is 1.68. The summed E-state index contributed by atoms with van der Waals surface area (Å²) in [4.78, 5) is 0. The molecule has 2 heteroatoms. The van der Waals surface area contributed by atoms with E-state index in [1.807, 2.05) is 6.54 Å². The largest absolute Gasteiger partial charge is 0.144 e. The molecule has 0 amide bonds. The second kappa shape index (κ2) is 1.38. The summed E-state index contributed by atoms with van der Waals surface area (Å²) >= 11 is 0. The maximum atomic E-state index is 3.65. The first-order chi connectivity index (χ1) is 2.50. The van der Waals surface area contributed by atoms with Gasteiger partial charge in [0, 0.05) is 6.54 Å². The molecule has 0 aromatic carbocycles. The molecule has 1 saturated heterocycles. The van der Waals surface area contributed by atoms with Crippen LogP contribution in [0.4, 0.5) is 0 Å². The van der Waals surface area contributed by atoms with Crippen molar-refractivity contribution in [3.8, 4) is 0 Å². The minimum absolute atomic E-state index is 0.903. The Morgan fingerprint density at radius 2 is 2.60 bits per heavy atom. The zero-order valence-corrected chi connectivity index (χ0v) is 2.89. The van der Waals surface area contributed by atoms with Crippen molar-refractivity contribution in [1.29, 1.82) is 0 Å².